The summed E-state index contributed by atoms with van der Waals surface area (Å²) >= 11 is 0. The predicted octanol–water partition coefficient (Wildman–Crippen LogP) is 6.82. The van der Waals surface area contributed by atoms with Crippen molar-refractivity contribution >= 4 is 39.2 Å². The van der Waals surface area contributed by atoms with Crippen LogP contribution >= 0.6 is 0 Å². The Morgan fingerprint density at radius 1 is 0.919 bits per heavy atom. The maximum absolute atomic E-state index is 2.57. The molecule has 3 heteroatoms. The fraction of sp³-hybridized carbons (Fsp3) is 0.382. The van der Waals surface area contributed by atoms with E-state index in [4.69, 9.17) is 0 Å². The molecule has 0 atom stereocenters. The summed E-state index contributed by atoms with van der Waals surface area (Å²) < 4.78 is 6.10. The minimum Gasteiger partial charge on any atom is -0.340 e. The Hall–Kier alpha value is -3.17. The summed E-state index contributed by atoms with van der Waals surface area (Å²) in [6, 6.07) is 22.4. The molecule has 0 unspecified atom stereocenters. The Balaban J connectivity index is 1.61. The zero-order valence-corrected chi connectivity index (χ0v) is 23.6. The quantitative estimate of drug-likeness (QED) is 0.178. The van der Waals surface area contributed by atoms with Gasteiger partial charge in [0.05, 0.1) is 39.5 Å². The number of fused-ring (bicyclic) bond motifs is 1. The van der Waals surface area contributed by atoms with Crippen molar-refractivity contribution in [2.45, 2.75) is 52.0 Å². The Morgan fingerprint density at radius 2 is 1.68 bits per heavy atom. The van der Waals surface area contributed by atoms with E-state index in [1.807, 2.05) is 0 Å². The van der Waals surface area contributed by atoms with E-state index in [0.29, 0.717) is 0 Å². The molecule has 3 nitrogen and oxygen atoms in total. The molecule has 1 aromatic heterocycles. The number of benzene rings is 3. The zero-order valence-electron chi connectivity index (χ0n) is 23.6. The first-order chi connectivity index (χ1) is 17.7. The monoisotopic (exact) mass is 493 g/mol. The molecule has 192 valence electrons. The maximum atomic E-state index is 2.57. The molecular weight excluding hydrogens is 450 g/mol. The predicted molar refractivity (Wildman–Crippen MR) is 160 cm³/mol. The number of rotatable bonds is 9. The number of aryl methyl sites for hydroxylation is 1. The topological polar surface area (TPSA) is 7.94 Å². The van der Waals surface area contributed by atoms with E-state index in [-0.39, 0.29) is 5.41 Å². The standard InChI is InChI=1S/C34H43N3/c1-7-8-23-35-29(27-17-11-15-26-16-12-21-31(35)33(26)27)20-13-22-32-34(2,3)28-18-9-10-19-30(28)36(32)24-14-25-37(4,5)6/h9-13,15-22H,7-8,14,23-25H2,1-6H3/q+2. The van der Waals surface area contributed by atoms with Crippen LogP contribution < -0.4 is 5.35 Å². The number of aromatic nitrogens is 1. The second-order valence-corrected chi connectivity index (χ2v) is 12.1. The van der Waals surface area contributed by atoms with Crippen molar-refractivity contribution in [3.63, 3.8) is 0 Å². The van der Waals surface area contributed by atoms with E-state index in [1.54, 1.807) is 0 Å². The number of quaternary nitrogens is 1. The van der Waals surface area contributed by atoms with Crippen LogP contribution in [0.5, 0.6) is 0 Å². The molecule has 3 aromatic carbocycles. The van der Waals surface area contributed by atoms with Gasteiger partial charge in [-0.3, -0.25) is 0 Å². The smallest absolute Gasteiger partial charge is 0.209 e. The zero-order chi connectivity index (χ0) is 26.2. The van der Waals surface area contributed by atoms with E-state index in [0.717, 1.165) is 30.5 Å². The summed E-state index contributed by atoms with van der Waals surface area (Å²) in [6.07, 6.45) is 10.6. The third-order valence-electron chi connectivity index (χ3n) is 7.99. The number of para-hydroxylation sites is 1. The van der Waals surface area contributed by atoms with Gasteiger partial charge in [-0.1, -0.05) is 68.0 Å². The molecule has 1 aliphatic rings. The minimum atomic E-state index is -0.0251. The molecule has 37 heavy (non-hydrogen) atoms. The molecule has 0 radical (unpaired) electrons. The van der Waals surface area contributed by atoms with Crippen LogP contribution in [-0.2, 0) is 12.0 Å². The number of nitrogens with zero attached hydrogens (tertiary/aromatic N) is 3. The van der Waals surface area contributed by atoms with Gasteiger partial charge in [0.25, 0.3) is 0 Å². The third kappa shape index (κ3) is 4.78. The molecule has 0 amide bonds. The van der Waals surface area contributed by atoms with Crippen molar-refractivity contribution in [1.29, 1.82) is 0 Å². The van der Waals surface area contributed by atoms with Crippen LogP contribution in [-0.4, -0.2) is 53.6 Å². The minimum absolute atomic E-state index is 0.0251. The van der Waals surface area contributed by atoms with Crippen molar-refractivity contribution in [1.82, 2.24) is 4.57 Å². The van der Waals surface area contributed by atoms with Crippen LogP contribution in [0.3, 0.4) is 0 Å². The molecule has 0 spiro atoms. The second kappa shape index (κ2) is 9.95. The molecule has 1 aliphatic heterocycles. The van der Waals surface area contributed by atoms with Crippen LogP contribution in [0.1, 0.15) is 45.6 Å². The lowest BCUT2D eigenvalue weighted by Gasteiger charge is -2.23. The van der Waals surface area contributed by atoms with Crippen LogP contribution in [0.25, 0.3) is 27.8 Å². The molecular formula is C34H43N3+2. The van der Waals surface area contributed by atoms with E-state index in [2.05, 4.69) is 130 Å². The fourth-order valence-corrected chi connectivity index (χ4v) is 6.09. The summed E-state index contributed by atoms with van der Waals surface area (Å²) in [5.41, 5.74) is 5.51. The highest BCUT2D eigenvalue weighted by Gasteiger charge is 2.43. The number of allylic oxidation sites excluding steroid dienone is 2. The Kier molecular flexibility index (Phi) is 6.85. The summed E-state index contributed by atoms with van der Waals surface area (Å²) in [5, 5.41) is 5.40. The van der Waals surface area contributed by atoms with Gasteiger partial charge in [0.15, 0.2) is 12.3 Å². The number of unbranched alkanes of at least 4 members (excludes halogenated alkanes) is 1. The Labute approximate surface area is 222 Å². The van der Waals surface area contributed by atoms with Crippen molar-refractivity contribution in [3.8, 4) is 0 Å². The van der Waals surface area contributed by atoms with E-state index in [1.165, 1.54) is 56.8 Å². The van der Waals surface area contributed by atoms with Gasteiger partial charge in [0, 0.05) is 45.9 Å². The van der Waals surface area contributed by atoms with Gasteiger partial charge in [0.1, 0.15) is 0 Å². The van der Waals surface area contributed by atoms with Crippen LogP contribution in [0.4, 0.5) is 5.69 Å². The molecule has 4 aromatic rings. The highest BCUT2D eigenvalue weighted by Crippen LogP contribution is 2.39. The molecule has 0 saturated heterocycles. The average molecular weight is 494 g/mol. The van der Waals surface area contributed by atoms with E-state index < -0.39 is 0 Å². The van der Waals surface area contributed by atoms with E-state index >= 15 is 0 Å². The highest BCUT2D eigenvalue weighted by molar-refractivity contribution is 6.10. The van der Waals surface area contributed by atoms with Gasteiger partial charge < -0.3 is 9.05 Å². The average Bonchev–Trinajstić information content (AvgIpc) is 3.28. The molecule has 0 N–H and O–H groups in total. The molecule has 2 heterocycles. The first-order valence-corrected chi connectivity index (χ1v) is 14.0. The number of hydrogen-bond donors (Lipinski definition) is 0. The van der Waals surface area contributed by atoms with Crippen molar-refractivity contribution < 1.29 is 9.06 Å². The normalized spacial score (nSPS) is 16.1. The van der Waals surface area contributed by atoms with Gasteiger partial charge in [-0.05, 0) is 37.8 Å². The summed E-state index contributed by atoms with van der Waals surface area (Å²) in [4.78, 5) is 0. The first kappa shape index (κ1) is 25.5. The molecule has 0 fully saturated rings. The number of hydrogen-bond acceptors (Lipinski definition) is 0. The summed E-state index contributed by atoms with van der Waals surface area (Å²) in [6.45, 7) is 10.3. The van der Waals surface area contributed by atoms with Gasteiger partial charge in [-0.25, -0.2) is 0 Å². The Morgan fingerprint density at radius 3 is 2.43 bits per heavy atom. The lowest BCUT2D eigenvalue weighted by atomic mass is 9.81. The van der Waals surface area contributed by atoms with Crippen molar-refractivity contribution in [2.24, 2.45) is 0 Å². The van der Waals surface area contributed by atoms with Gasteiger partial charge in [0.2, 0.25) is 5.69 Å². The van der Waals surface area contributed by atoms with Gasteiger partial charge >= 0.3 is 0 Å². The maximum Gasteiger partial charge on any atom is 0.209 e. The van der Waals surface area contributed by atoms with Gasteiger partial charge in [-0.15, -0.1) is 0 Å². The molecule has 0 bridgehead atoms. The molecule has 0 aliphatic carbocycles. The van der Waals surface area contributed by atoms with E-state index in [9.17, 15) is 0 Å². The van der Waals surface area contributed by atoms with Crippen LogP contribution in [0.2, 0.25) is 0 Å². The van der Waals surface area contributed by atoms with Gasteiger partial charge in [-0.2, -0.15) is 4.58 Å². The largest absolute Gasteiger partial charge is 0.340 e. The van der Waals surface area contributed by atoms with Crippen LogP contribution in [0, 0.1) is 0 Å². The van der Waals surface area contributed by atoms with Crippen LogP contribution in [0.15, 0.2) is 72.8 Å². The SMILES string of the molecule is CCCCn1/c(=C/C=C/C2=[N+](CCC[N+](C)(C)C)c3ccccc3C2(C)C)c2cccc3cccc1c32. The highest BCUT2D eigenvalue weighted by atomic mass is 15.3. The lowest BCUT2D eigenvalue weighted by molar-refractivity contribution is -0.871. The second-order valence-electron chi connectivity index (χ2n) is 12.1. The molecule has 5 rings (SSSR count). The first-order valence-electron chi connectivity index (χ1n) is 14.0. The third-order valence-corrected chi connectivity index (χ3v) is 7.99. The Bertz CT molecular complexity index is 1530. The fourth-order valence-electron chi connectivity index (χ4n) is 6.09. The summed E-state index contributed by atoms with van der Waals surface area (Å²) in [7, 11) is 6.84. The van der Waals surface area contributed by atoms with Crippen molar-refractivity contribution in [2.75, 3.05) is 34.2 Å². The summed E-state index contributed by atoms with van der Waals surface area (Å²) in [5.74, 6) is 0. The lowest BCUT2D eigenvalue weighted by Crippen LogP contribution is -2.36. The van der Waals surface area contributed by atoms with Crippen molar-refractivity contribution in [3.05, 3.63) is 83.7 Å². The molecule has 0 saturated carbocycles.